The van der Waals surface area contributed by atoms with Crippen molar-refractivity contribution >= 4 is 17.5 Å². The molecule has 128 valence electrons. The summed E-state index contributed by atoms with van der Waals surface area (Å²) < 4.78 is 0. The van der Waals surface area contributed by atoms with Crippen molar-refractivity contribution in [2.24, 2.45) is 5.92 Å². The first kappa shape index (κ1) is 15.6. The van der Waals surface area contributed by atoms with Crippen molar-refractivity contribution in [2.75, 3.05) is 57.3 Å². The van der Waals surface area contributed by atoms with Crippen molar-refractivity contribution < 1.29 is 9.59 Å². The van der Waals surface area contributed by atoms with Gasteiger partial charge in [-0.25, -0.2) is 0 Å². The smallest absolute Gasteiger partial charge is 0.241 e. The van der Waals surface area contributed by atoms with Crippen molar-refractivity contribution in [1.29, 1.82) is 0 Å². The van der Waals surface area contributed by atoms with Crippen LogP contribution in [-0.2, 0) is 16.0 Å². The summed E-state index contributed by atoms with van der Waals surface area (Å²) in [4.78, 5) is 30.9. The first-order chi connectivity index (χ1) is 11.7. The number of carbonyl (C=O) groups is 2. The Kier molecular flexibility index (Phi) is 4.24. The maximum Gasteiger partial charge on any atom is 0.241 e. The highest BCUT2D eigenvalue weighted by Gasteiger charge is 2.32. The summed E-state index contributed by atoms with van der Waals surface area (Å²) in [6.07, 6.45) is 0.944. The number of anilines is 1. The highest BCUT2D eigenvalue weighted by molar-refractivity contribution is 5.96. The molecular formula is C18H24N4O2. The highest BCUT2D eigenvalue weighted by atomic mass is 16.2. The van der Waals surface area contributed by atoms with E-state index in [2.05, 4.69) is 16.3 Å². The molecule has 0 bridgehead atoms. The number of nitrogens with one attached hydrogen (secondary N) is 1. The fourth-order valence-electron chi connectivity index (χ4n) is 3.72. The zero-order valence-electron chi connectivity index (χ0n) is 13.9. The number of para-hydroxylation sites is 1. The molecule has 1 N–H and O–H groups in total. The maximum atomic E-state index is 12.7. The Bertz CT molecular complexity index is 636. The van der Waals surface area contributed by atoms with Gasteiger partial charge in [-0.1, -0.05) is 18.2 Å². The molecule has 0 saturated carbocycles. The minimum absolute atomic E-state index is 0.166. The molecule has 6 heteroatoms. The van der Waals surface area contributed by atoms with Crippen LogP contribution in [0, 0.1) is 5.92 Å². The van der Waals surface area contributed by atoms with Gasteiger partial charge >= 0.3 is 0 Å². The molecule has 0 atom stereocenters. The van der Waals surface area contributed by atoms with Gasteiger partial charge < -0.3 is 15.1 Å². The molecule has 3 heterocycles. The van der Waals surface area contributed by atoms with E-state index < -0.39 is 0 Å². The third-order valence-electron chi connectivity index (χ3n) is 5.36. The van der Waals surface area contributed by atoms with Crippen LogP contribution in [0.5, 0.6) is 0 Å². The quantitative estimate of drug-likeness (QED) is 0.845. The predicted molar refractivity (Wildman–Crippen MR) is 91.9 cm³/mol. The molecule has 0 aromatic heterocycles. The molecule has 1 aromatic carbocycles. The van der Waals surface area contributed by atoms with Crippen LogP contribution in [0.1, 0.15) is 5.56 Å². The predicted octanol–water partition coefficient (Wildman–Crippen LogP) is -0.0607. The second-order valence-corrected chi connectivity index (χ2v) is 6.88. The van der Waals surface area contributed by atoms with E-state index in [4.69, 9.17) is 0 Å². The number of carbonyl (C=O) groups excluding carboxylic acids is 2. The number of amides is 2. The van der Waals surface area contributed by atoms with Gasteiger partial charge in [-0.15, -0.1) is 0 Å². The molecule has 1 aromatic rings. The number of benzene rings is 1. The Balaban J connectivity index is 1.29. The third kappa shape index (κ3) is 2.91. The highest BCUT2D eigenvalue weighted by Crippen LogP contribution is 2.27. The molecule has 0 spiro atoms. The van der Waals surface area contributed by atoms with Crippen molar-refractivity contribution in [1.82, 2.24) is 15.1 Å². The van der Waals surface area contributed by atoms with Gasteiger partial charge in [0, 0.05) is 51.5 Å². The molecule has 3 aliphatic rings. The van der Waals surface area contributed by atoms with Crippen LogP contribution < -0.4 is 10.2 Å². The Morgan fingerprint density at radius 1 is 1.04 bits per heavy atom. The third-order valence-corrected chi connectivity index (χ3v) is 5.36. The number of hydrogen-bond acceptors (Lipinski definition) is 4. The van der Waals surface area contributed by atoms with Crippen LogP contribution in [0.3, 0.4) is 0 Å². The molecule has 0 radical (unpaired) electrons. The van der Waals surface area contributed by atoms with Crippen LogP contribution in [0.25, 0.3) is 0 Å². The first-order valence-corrected chi connectivity index (χ1v) is 8.82. The number of hydrogen-bond donors (Lipinski definition) is 1. The zero-order valence-corrected chi connectivity index (χ0v) is 13.9. The van der Waals surface area contributed by atoms with E-state index in [1.54, 1.807) is 0 Å². The molecule has 4 rings (SSSR count). The summed E-state index contributed by atoms with van der Waals surface area (Å²) in [6, 6.07) is 8.15. The van der Waals surface area contributed by atoms with Gasteiger partial charge in [-0.2, -0.15) is 0 Å². The normalized spacial score (nSPS) is 21.5. The minimum Gasteiger partial charge on any atom is -0.340 e. The second-order valence-electron chi connectivity index (χ2n) is 6.88. The van der Waals surface area contributed by atoms with E-state index in [0.29, 0.717) is 6.54 Å². The van der Waals surface area contributed by atoms with E-state index in [1.165, 1.54) is 5.56 Å². The fraction of sp³-hybridized carbons (Fsp3) is 0.556. The summed E-state index contributed by atoms with van der Waals surface area (Å²) >= 11 is 0. The minimum atomic E-state index is 0.166. The molecule has 6 nitrogen and oxygen atoms in total. The summed E-state index contributed by atoms with van der Waals surface area (Å²) in [5, 5.41) is 3.15. The van der Waals surface area contributed by atoms with E-state index >= 15 is 0 Å². The number of piperazine rings is 1. The van der Waals surface area contributed by atoms with Gasteiger partial charge in [-0.3, -0.25) is 14.5 Å². The van der Waals surface area contributed by atoms with Crippen molar-refractivity contribution in [2.45, 2.75) is 6.42 Å². The van der Waals surface area contributed by atoms with Crippen LogP contribution >= 0.6 is 0 Å². The summed E-state index contributed by atoms with van der Waals surface area (Å²) in [7, 11) is 0. The Morgan fingerprint density at radius 3 is 2.50 bits per heavy atom. The van der Waals surface area contributed by atoms with Crippen molar-refractivity contribution in [3.05, 3.63) is 29.8 Å². The molecule has 24 heavy (non-hydrogen) atoms. The molecule has 0 aliphatic carbocycles. The number of nitrogens with zero attached hydrogens (tertiary/aromatic N) is 3. The van der Waals surface area contributed by atoms with E-state index in [1.807, 2.05) is 28.0 Å². The Hall–Kier alpha value is -1.92. The largest absolute Gasteiger partial charge is 0.340 e. The van der Waals surface area contributed by atoms with Crippen LogP contribution in [0.15, 0.2) is 24.3 Å². The maximum absolute atomic E-state index is 12.7. The number of rotatable bonds is 3. The monoisotopic (exact) mass is 328 g/mol. The summed E-state index contributed by atoms with van der Waals surface area (Å²) in [6.45, 7) is 5.89. The van der Waals surface area contributed by atoms with Crippen LogP contribution in [0.4, 0.5) is 5.69 Å². The van der Waals surface area contributed by atoms with Gasteiger partial charge in [0.1, 0.15) is 0 Å². The average molecular weight is 328 g/mol. The molecule has 2 amide bonds. The van der Waals surface area contributed by atoms with Crippen molar-refractivity contribution in [3.8, 4) is 0 Å². The molecular weight excluding hydrogens is 304 g/mol. The average Bonchev–Trinajstić information content (AvgIpc) is 2.98. The van der Waals surface area contributed by atoms with E-state index in [0.717, 1.165) is 57.9 Å². The summed E-state index contributed by atoms with van der Waals surface area (Å²) in [5.41, 5.74) is 2.32. The van der Waals surface area contributed by atoms with Gasteiger partial charge in [0.05, 0.1) is 12.5 Å². The number of fused-ring (bicyclic) bond motifs is 1. The molecule has 2 saturated heterocycles. The molecule has 3 aliphatic heterocycles. The lowest BCUT2D eigenvalue weighted by Crippen LogP contribution is -2.57. The van der Waals surface area contributed by atoms with E-state index in [9.17, 15) is 9.59 Å². The van der Waals surface area contributed by atoms with E-state index in [-0.39, 0.29) is 17.7 Å². The van der Waals surface area contributed by atoms with Crippen LogP contribution in [-0.4, -0.2) is 74.0 Å². The van der Waals surface area contributed by atoms with Gasteiger partial charge in [0.2, 0.25) is 11.8 Å². The van der Waals surface area contributed by atoms with Crippen LogP contribution in [0.2, 0.25) is 0 Å². The standard InChI is InChI=1S/C18H24N4O2/c23-17(22-6-5-14-3-1-2-4-16(14)22)13-20-7-9-21(10-8-20)18(24)15-11-19-12-15/h1-4,15,19H,5-13H2. The van der Waals surface area contributed by atoms with Crippen molar-refractivity contribution in [3.63, 3.8) is 0 Å². The molecule has 2 fully saturated rings. The lowest BCUT2D eigenvalue weighted by molar-refractivity contribution is -0.139. The molecule has 0 unspecified atom stereocenters. The zero-order chi connectivity index (χ0) is 16.5. The second kappa shape index (κ2) is 6.53. The SMILES string of the molecule is O=C(C1CNC1)N1CCN(CC(=O)N2CCc3ccccc32)CC1. The Labute approximate surface area is 142 Å². The van der Waals surface area contributed by atoms with Gasteiger partial charge in [0.15, 0.2) is 0 Å². The Morgan fingerprint density at radius 2 is 1.79 bits per heavy atom. The topological polar surface area (TPSA) is 55.9 Å². The fourth-order valence-corrected chi connectivity index (χ4v) is 3.72. The van der Waals surface area contributed by atoms with Gasteiger partial charge in [-0.05, 0) is 18.1 Å². The lowest BCUT2D eigenvalue weighted by atomic mass is 10.0. The first-order valence-electron chi connectivity index (χ1n) is 8.82. The summed E-state index contributed by atoms with van der Waals surface area (Å²) in [5.74, 6) is 0.607. The lowest BCUT2D eigenvalue weighted by Gasteiger charge is -2.38. The van der Waals surface area contributed by atoms with Gasteiger partial charge in [0.25, 0.3) is 0 Å².